The Hall–Kier alpha value is -3.10. The number of aliphatic carboxylic acids is 1. The van der Waals surface area contributed by atoms with Gasteiger partial charge in [-0.2, -0.15) is 0 Å². The van der Waals surface area contributed by atoms with Crippen LogP contribution >= 0.6 is 0 Å². The van der Waals surface area contributed by atoms with Crippen molar-refractivity contribution in [3.05, 3.63) is 35.4 Å². The summed E-state index contributed by atoms with van der Waals surface area (Å²) in [7, 11) is 0. The zero-order valence-corrected chi connectivity index (χ0v) is 16.0. The average molecular weight is 404 g/mol. The van der Waals surface area contributed by atoms with Crippen LogP contribution in [0, 0.1) is 0 Å². The molecular weight excluding hydrogens is 380 g/mol. The van der Waals surface area contributed by atoms with Crippen molar-refractivity contribution in [1.82, 2.24) is 9.80 Å². The standard InChI is InChI=1S/C20H24N2O7/c23-16(21-9-1-3-15(21)19(25)26)11-13-5-7-14(8-6-13)12-17(24)22-10-2-4-18(22)29-20(27)28/h5-8,15,18H,1-4,9-12H2,(H,25,26)(H,27,28)/t15-,18-/m1/s1. The Morgan fingerprint density at radius 1 is 0.862 bits per heavy atom. The van der Waals surface area contributed by atoms with Gasteiger partial charge in [0.15, 0.2) is 6.23 Å². The average Bonchev–Trinajstić information content (AvgIpc) is 3.32. The van der Waals surface area contributed by atoms with Crippen molar-refractivity contribution in [3.63, 3.8) is 0 Å². The fourth-order valence-corrected chi connectivity index (χ4v) is 3.91. The Morgan fingerprint density at radius 2 is 1.38 bits per heavy atom. The number of carbonyl (C=O) groups is 4. The fraction of sp³-hybridized carbons (Fsp3) is 0.500. The van der Waals surface area contributed by atoms with Gasteiger partial charge in [-0.3, -0.25) is 9.59 Å². The molecule has 0 spiro atoms. The van der Waals surface area contributed by atoms with E-state index in [1.807, 2.05) is 0 Å². The maximum absolute atomic E-state index is 12.5. The first kappa shape index (κ1) is 20.6. The van der Waals surface area contributed by atoms with E-state index in [4.69, 9.17) is 9.84 Å². The van der Waals surface area contributed by atoms with Crippen molar-refractivity contribution < 1.29 is 34.1 Å². The minimum atomic E-state index is -1.40. The summed E-state index contributed by atoms with van der Waals surface area (Å²) in [5, 5.41) is 18.0. The number of nitrogens with zero attached hydrogens (tertiary/aromatic N) is 2. The Balaban J connectivity index is 1.56. The molecule has 0 saturated carbocycles. The number of amides is 2. The van der Waals surface area contributed by atoms with Crippen molar-refractivity contribution in [3.8, 4) is 0 Å². The van der Waals surface area contributed by atoms with E-state index in [1.165, 1.54) is 9.80 Å². The van der Waals surface area contributed by atoms with Gasteiger partial charge in [0, 0.05) is 19.5 Å². The predicted octanol–water partition coefficient (Wildman–Crippen LogP) is 1.49. The van der Waals surface area contributed by atoms with Gasteiger partial charge in [-0.05, 0) is 30.4 Å². The summed E-state index contributed by atoms with van der Waals surface area (Å²) in [6, 6.07) is 6.26. The lowest BCUT2D eigenvalue weighted by atomic mass is 10.1. The Kier molecular flexibility index (Phi) is 6.36. The van der Waals surface area contributed by atoms with Gasteiger partial charge >= 0.3 is 12.1 Å². The molecule has 2 atom stereocenters. The molecule has 0 bridgehead atoms. The summed E-state index contributed by atoms with van der Waals surface area (Å²) < 4.78 is 4.76. The van der Waals surface area contributed by atoms with Crippen LogP contribution in [0.1, 0.15) is 36.8 Å². The second-order valence-electron chi connectivity index (χ2n) is 7.32. The van der Waals surface area contributed by atoms with E-state index in [9.17, 15) is 24.3 Å². The van der Waals surface area contributed by atoms with Crippen molar-refractivity contribution in [2.75, 3.05) is 13.1 Å². The molecule has 2 aliphatic rings. The number of ether oxygens (including phenoxy) is 1. The SMILES string of the molecule is O=C(O)O[C@@H]1CCCN1C(=O)Cc1ccc(CC(=O)N2CCC[C@@H]2C(=O)O)cc1. The number of hydrogen-bond acceptors (Lipinski definition) is 5. The third-order valence-electron chi connectivity index (χ3n) is 5.35. The molecule has 9 heteroatoms. The molecule has 0 radical (unpaired) electrons. The number of hydrogen-bond donors (Lipinski definition) is 2. The number of benzene rings is 1. The van der Waals surface area contributed by atoms with E-state index in [0.29, 0.717) is 38.8 Å². The van der Waals surface area contributed by atoms with E-state index in [2.05, 4.69) is 0 Å². The minimum absolute atomic E-state index is 0.110. The molecule has 2 aliphatic heterocycles. The monoisotopic (exact) mass is 404 g/mol. The highest BCUT2D eigenvalue weighted by Crippen LogP contribution is 2.21. The summed E-state index contributed by atoms with van der Waals surface area (Å²) >= 11 is 0. The number of rotatable bonds is 6. The van der Waals surface area contributed by atoms with E-state index in [-0.39, 0.29) is 24.7 Å². The normalized spacial score (nSPS) is 21.2. The molecule has 0 aromatic heterocycles. The van der Waals surface area contributed by atoms with E-state index in [0.717, 1.165) is 11.1 Å². The third kappa shape index (κ3) is 5.04. The molecule has 2 N–H and O–H groups in total. The second-order valence-corrected chi connectivity index (χ2v) is 7.32. The molecule has 9 nitrogen and oxygen atoms in total. The molecule has 2 heterocycles. The zero-order valence-electron chi connectivity index (χ0n) is 16.0. The van der Waals surface area contributed by atoms with Gasteiger partial charge in [-0.25, -0.2) is 9.59 Å². The van der Waals surface area contributed by atoms with Gasteiger partial charge < -0.3 is 24.7 Å². The van der Waals surface area contributed by atoms with Crippen LogP contribution in [-0.4, -0.2) is 69.3 Å². The maximum Gasteiger partial charge on any atom is 0.507 e. The Morgan fingerprint density at radius 3 is 1.93 bits per heavy atom. The largest absolute Gasteiger partial charge is 0.507 e. The Bertz CT molecular complexity index is 793. The van der Waals surface area contributed by atoms with E-state index < -0.39 is 24.4 Å². The molecule has 2 amide bonds. The first-order chi connectivity index (χ1) is 13.8. The summed E-state index contributed by atoms with van der Waals surface area (Å²) in [4.78, 5) is 49.7. The van der Waals surface area contributed by atoms with Crippen LogP contribution in [0.5, 0.6) is 0 Å². The van der Waals surface area contributed by atoms with Crippen LogP contribution in [0.2, 0.25) is 0 Å². The molecule has 2 saturated heterocycles. The molecule has 29 heavy (non-hydrogen) atoms. The number of carboxylic acids is 1. The van der Waals surface area contributed by atoms with Gasteiger partial charge in [-0.15, -0.1) is 0 Å². The molecular formula is C20H24N2O7. The summed E-state index contributed by atoms with van der Waals surface area (Å²) in [5.41, 5.74) is 1.49. The topological polar surface area (TPSA) is 124 Å². The molecule has 0 unspecified atom stereocenters. The lowest BCUT2D eigenvalue weighted by Gasteiger charge is -2.23. The predicted molar refractivity (Wildman–Crippen MR) is 100 cm³/mol. The lowest BCUT2D eigenvalue weighted by Crippen LogP contribution is -2.41. The number of likely N-dealkylation sites (tertiary alicyclic amines) is 2. The van der Waals surface area contributed by atoms with Crippen LogP contribution < -0.4 is 0 Å². The van der Waals surface area contributed by atoms with Gasteiger partial charge in [0.25, 0.3) is 0 Å². The zero-order chi connectivity index (χ0) is 21.0. The van der Waals surface area contributed by atoms with Crippen LogP contribution in [0.25, 0.3) is 0 Å². The highest BCUT2D eigenvalue weighted by Gasteiger charge is 2.34. The molecule has 3 rings (SSSR count). The van der Waals surface area contributed by atoms with Crippen LogP contribution in [0.15, 0.2) is 24.3 Å². The van der Waals surface area contributed by atoms with E-state index >= 15 is 0 Å². The molecule has 1 aromatic rings. The van der Waals surface area contributed by atoms with Crippen LogP contribution in [0.3, 0.4) is 0 Å². The molecule has 156 valence electrons. The lowest BCUT2D eigenvalue weighted by molar-refractivity contribution is -0.148. The molecule has 0 aliphatic carbocycles. The van der Waals surface area contributed by atoms with Crippen molar-refractivity contribution in [1.29, 1.82) is 0 Å². The quantitative estimate of drug-likeness (QED) is 0.688. The Labute approximate surface area is 167 Å². The highest BCUT2D eigenvalue weighted by molar-refractivity contribution is 5.85. The first-order valence-electron chi connectivity index (χ1n) is 9.64. The number of carbonyl (C=O) groups excluding carboxylic acids is 2. The third-order valence-corrected chi connectivity index (χ3v) is 5.35. The summed E-state index contributed by atoms with van der Waals surface area (Å²) in [6.07, 6.45) is 0.440. The van der Waals surface area contributed by atoms with E-state index in [1.54, 1.807) is 24.3 Å². The van der Waals surface area contributed by atoms with Crippen LogP contribution in [0.4, 0.5) is 4.79 Å². The second kappa shape index (κ2) is 8.93. The van der Waals surface area contributed by atoms with Crippen molar-refractivity contribution in [2.24, 2.45) is 0 Å². The van der Waals surface area contributed by atoms with Crippen LogP contribution in [-0.2, 0) is 32.0 Å². The number of carboxylic acid groups (broad SMARTS) is 2. The summed E-state index contributed by atoms with van der Waals surface area (Å²) in [5.74, 6) is -1.40. The maximum atomic E-state index is 12.5. The summed E-state index contributed by atoms with van der Waals surface area (Å²) in [6.45, 7) is 0.918. The molecule has 1 aromatic carbocycles. The fourth-order valence-electron chi connectivity index (χ4n) is 3.91. The smallest absolute Gasteiger partial charge is 0.480 e. The van der Waals surface area contributed by atoms with Gasteiger partial charge in [0.1, 0.15) is 6.04 Å². The first-order valence-corrected chi connectivity index (χ1v) is 9.64. The molecule has 2 fully saturated rings. The minimum Gasteiger partial charge on any atom is -0.480 e. The van der Waals surface area contributed by atoms with Gasteiger partial charge in [-0.1, -0.05) is 24.3 Å². The van der Waals surface area contributed by atoms with Gasteiger partial charge in [0.05, 0.1) is 12.8 Å². The van der Waals surface area contributed by atoms with Crippen molar-refractivity contribution in [2.45, 2.75) is 50.8 Å². The van der Waals surface area contributed by atoms with Crippen molar-refractivity contribution >= 4 is 23.9 Å². The van der Waals surface area contributed by atoms with Gasteiger partial charge in [0.2, 0.25) is 11.8 Å². The highest BCUT2D eigenvalue weighted by atomic mass is 16.7.